The number of hydrogen-bond acceptors (Lipinski definition) is 4. The van der Waals surface area contributed by atoms with Crippen molar-refractivity contribution in [3.63, 3.8) is 0 Å². The molecule has 0 aliphatic heterocycles. The van der Waals surface area contributed by atoms with E-state index in [1.807, 2.05) is 0 Å². The molecule has 0 spiro atoms. The van der Waals surface area contributed by atoms with Crippen molar-refractivity contribution in [3.05, 3.63) is 106 Å². The number of benzene rings is 2. The number of pyridine rings is 1. The minimum Gasteiger partial charge on any atom is -0.336 e. The van der Waals surface area contributed by atoms with E-state index < -0.39 is 17.6 Å². The number of rotatable bonds is 7. The first kappa shape index (κ1) is 25.7. The van der Waals surface area contributed by atoms with Crippen molar-refractivity contribution in [2.75, 3.05) is 7.05 Å². The second-order valence-electron chi connectivity index (χ2n) is 7.84. The summed E-state index contributed by atoms with van der Waals surface area (Å²) in [4.78, 5) is 23.1. The molecular formula is C25H19ClF4N4OS. The summed E-state index contributed by atoms with van der Waals surface area (Å²) in [6, 6.07) is 12.4. The molecular weight excluding hydrogens is 516 g/mol. The van der Waals surface area contributed by atoms with E-state index in [9.17, 15) is 22.4 Å². The quantitative estimate of drug-likeness (QED) is 0.197. The number of carbonyl (C=O) groups is 1. The van der Waals surface area contributed by atoms with Crippen LogP contribution in [-0.2, 0) is 18.5 Å². The summed E-state index contributed by atoms with van der Waals surface area (Å²) in [5.74, 6) is -0.938. The van der Waals surface area contributed by atoms with E-state index >= 15 is 0 Å². The van der Waals surface area contributed by atoms with Crippen LogP contribution in [0.4, 0.5) is 17.6 Å². The van der Waals surface area contributed by atoms with Crippen LogP contribution in [-0.4, -0.2) is 32.4 Å². The summed E-state index contributed by atoms with van der Waals surface area (Å²) in [6.45, 7) is 0.301. The molecule has 0 aliphatic rings. The summed E-state index contributed by atoms with van der Waals surface area (Å²) >= 11 is 6.96. The number of alkyl halides is 3. The monoisotopic (exact) mass is 534 g/mol. The van der Waals surface area contributed by atoms with Gasteiger partial charge in [-0.05, 0) is 65.7 Å². The number of imidazole rings is 1. The third-order valence-electron chi connectivity index (χ3n) is 5.28. The first-order valence-electron chi connectivity index (χ1n) is 10.6. The second-order valence-corrected chi connectivity index (χ2v) is 9.22. The van der Waals surface area contributed by atoms with E-state index in [0.717, 1.165) is 23.4 Å². The largest absolute Gasteiger partial charge is 0.416 e. The average Bonchev–Trinajstić information content (AvgIpc) is 3.26. The maximum absolute atomic E-state index is 13.6. The first-order chi connectivity index (χ1) is 17.1. The normalized spacial score (nSPS) is 11.5. The SMILES string of the molecule is CN(Cc1ccncc1)C(=O)c1cnc(SCc2cc(Cl)ccc2C(F)(F)F)n1-c1ccc(F)cc1. The van der Waals surface area contributed by atoms with Crippen LogP contribution >= 0.6 is 23.4 Å². The smallest absolute Gasteiger partial charge is 0.336 e. The molecule has 0 bridgehead atoms. The van der Waals surface area contributed by atoms with Crippen molar-refractivity contribution in [1.82, 2.24) is 19.4 Å². The lowest BCUT2D eigenvalue weighted by Crippen LogP contribution is -2.28. The van der Waals surface area contributed by atoms with Gasteiger partial charge >= 0.3 is 6.18 Å². The summed E-state index contributed by atoms with van der Waals surface area (Å²) in [6.07, 6.45) is 0.0514. The fourth-order valence-corrected chi connectivity index (χ4v) is 4.74. The lowest BCUT2D eigenvalue weighted by atomic mass is 10.1. The molecule has 11 heteroatoms. The summed E-state index contributed by atoms with van der Waals surface area (Å²) in [5, 5.41) is 0.449. The average molecular weight is 535 g/mol. The number of hydrogen-bond donors (Lipinski definition) is 0. The number of thioether (sulfide) groups is 1. The third kappa shape index (κ3) is 5.88. The van der Waals surface area contributed by atoms with Crippen LogP contribution in [0.15, 0.2) is 78.3 Å². The lowest BCUT2D eigenvalue weighted by Gasteiger charge is -2.19. The molecule has 36 heavy (non-hydrogen) atoms. The molecule has 0 N–H and O–H groups in total. The van der Waals surface area contributed by atoms with Crippen LogP contribution in [0, 0.1) is 5.82 Å². The molecule has 0 unspecified atom stereocenters. The Morgan fingerprint density at radius 3 is 2.44 bits per heavy atom. The van der Waals surface area contributed by atoms with Gasteiger partial charge in [0.1, 0.15) is 11.5 Å². The number of nitrogens with zero attached hydrogens (tertiary/aromatic N) is 4. The number of amides is 1. The van der Waals surface area contributed by atoms with E-state index in [1.54, 1.807) is 31.6 Å². The van der Waals surface area contributed by atoms with Gasteiger partial charge in [-0.25, -0.2) is 9.37 Å². The van der Waals surface area contributed by atoms with Gasteiger partial charge in [0.2, 0.25) is 0 Å². The molecule has 186 valence electrons. The predicted molar refractivity (Wildman–Crippen MR) is 130 cm³/mol. The standard InChI is InChI=1S/C25H19ClF4N4OS/c1-33(14-16-8-10-31-11-9-16)23(35)22-13-32-24(34(22)20-5-3-19(27)4-6-20)36-15-17-12-18(26)2-7-21(17)25(28,29)30/h2-13H,14-15H2,1H3. The van der Waals surface area contributed by atoms with Gasteiger partial charge in [0.25, 0.3) is 5.91 Å². The highest BCUT2D eigenvalue weighted by atomic mass is 35.5. The molecule has 0 fully saturated rings. The van der Waals surface area contributed by atoms with Gasteiger partial charge in [-0.1, -0.05) is 23.4 Å². The second kappa shape index (κ2) is 10.7. The van der Waals surface area contributed by atoms with Gasteiger partial charge in [0.15, 0.2) is 5.16 Å². The van der Waals surface area contributed by atoms with E-state index in [1.165, 1.54) is 52.1 Å². The summed E-state index contributed by atoms with van der Waals surface area (Å²) in [5.41, 5.74) is 0.676. The fourth-order valence-electron chi connectivity index (χ4n) is 3.56. The first-order valence-corrected chi connectivity index (χ1v) is 12.0. The molecule has 0 saturated heterocycles. The molecule has 2 aromatic carbocycles. The third-order valence-corrected chi connectivity index (χ3v) is 6.52. The Morgan fingerprint density at radius 2 is 1.78 bits per heavy atom. The van der Waals surface area contributed by atoms with Crippen molar-refractivity contribution in [2.45, 2.75) is 23.6 Å². The van der Waals surface area contributed by atoms with Crippen LogP contribution in [0.2, 0.25) is 5.02 Å². The molecule has 2 aromatic heterocycles. The van der Waals surface area contributed by atoms with E-state index in [-0.39, 0.29) is 33.1 Å². The fraction of sp³-hybridized carbons (Fsp3) is 0.160. The topological polar surface area (TPSA) is 51.0 Å². The van der Waals surface area contributed by atoms with E-state index in [4.69, 9.17) is 11.6 Å². The van der Waals surface area contributed by atoms with Crippen molar-refractivity contribution in [3.8, 4) is 5.69 Å². The molecule has 0 atom stereocenters. The predicted octanol–water partition coefficient (Wildman–Crippen LogP) is 6.64. The summed E-state index contributed by atoms with van der Waals surface area (Å²) < 4.78 is 55.6. The number of aromatic nitrogens is 3. The minimum atomic E-state index is -4.55. The lowest BCUT2D eigenvalue weighted by molar-refractivity contribution is -0.138. The molecule has 0 aliphatic carbocycles. The molecule has 0 saturated carbocycles. The van der Waals surface area contributed by atoms with Crippen LogP contribution in [0.1, 0.15) is 27.2 Å². The Hall–Kier alpha value is -3.37. The van der Waals surface area contributed by atoms with Gasteiger partial charge in [-0.3, -0.25) is 14.3 Å². The maximum Gasteiger partial charge on any atom is 0.416 e. The Bertz CT molecular complexity index is 1360. The molecule has 1 amide bonds. The molecule has 2 heterocycles. The maximum atomic E-state index is 13.6. The van der Waals surface area contributed by atoms with Gasteiger partial charge in [0, 0.05) is 42.4 Å². The van der Waals surface area contributed by atoms with Crippen LogP contribution in [0.25, 0.3) is 5.69 Å². The highest BCUT2D eigenvalue weighted by Crippen LogP contribution is 2.36. The van der Waals surface area contributed by atoms with Crippen molar-refractivity contribution >= 4 is 29.3 Å². The Morgan fingerprint density at radius 1 is 1.08 bits per heavy atom. The Balaban J connectivity index is 1.67. The zero-order valence-electron chi connectivity index (χ0n) is 18.8. The Labute approximate surface area is 213 Å². The zero-order chi connectivity index (χ0) is 25.9. The molecule has 4 rings (SSSR count). The molecule has 4 aromatic rings. The number of halogens is 5. The van der Waals surface area contributed by atoms with Crippen LogP contribution in [0.3, 0.4) is 0 Å². The van der Waals surface area contributed by atoms with Gasteiger partial charge in [0.05, 0.1) is 11.8 Å². The number of carbonyl (C=O) groups excluding carboxylic acids is 1. The van der Waals surface area contributed by atoms with Crippen LogP contribution in [0.5, 0.6) is 0 Å². The highest BCUT2D eigenvalue weighted by molar-refractivity contribution is 7.98. The van der Waals surface area contributed by atoms with E-state index in [0.29, 0.717) is 12.2 Å². The zero-order valence-corrected chi connectivity index (χ0v) is 20.4. The van der Waals surface area contributed by atoms with Gasteiger partial charge in [-0.15, -0.1) is 0 Å². The highest BCUT2D eigenvalue weighted by Gasteiger charge is 2.33. The Kier molecular flexibility index (Phi) is 7.65. The van der Waals surface area contributed by atoms with Crippen molar-refractivity contribution in [2.24, 2.45) is 0 Å². The minimum absolute atomic E-state index is 0.0173. The molecule has 5 nitrogen and oxygen atoms in total. The molecule has 0 radical (unpaired) electrons. The van der Waals surface area contributed by atoms with Crippen molar-refractivity contribution in [1.29, 1.82) is 0 Å². The van der Waals surface area contributed by atoms with Gasteiger partial charge in [-0.2, -0.15) is 13.2 Å². The van der Waals surface area contributed by atoms with Gasteiger partial charge < -0.3 is 4.90 Å². The van der Waals surface area contributed by atoms with E-state index in [2.05, 4.69) is 9.97 Å². The summed E-state index contributed by atoms with van der Waals surface area (Å²) in [7, 11) is 1.62. The van der Waals surface area contributed by atoms with Crippen LogP contribution < -0.4 is 0 Å². The van der Waals surface area contributed by atoms with Crippen molar-refractivity contribution < 1.29 is 22.4 Å².